The van der Waals surface area contributed by atoms with Crippen LogP contribution < -0.4 is 10.5 Å². The molecule has 3 aromatic carbocycles. The summed E-state index contributed by atoms with van der Waals surface area (Å²) in [4.78, 5) is 28.1. The maximum absolute atomic E-state index is 11.4. The van der Waals surface area contributed by atoms with Gasteiger partial charge in [0.05, 0.1) is 16.8 Å². The molecule has 9 heteroatoms. The number of benzene rings is 3. The number of nitrogen functional groups attached to an aromatic ring is 1. The molecule has 1 saturated heterocycles. The van der Waals surface area contributed by atoms with Crippen LogP contribution in [0.4, 0.5) is 5.82 Å². The van der Waals surface area contributed by atoms with Gasteiger partial charge in [-0.15, -0.1) is 0 Å². The summed E-state index contributed by atoms with van der Waals surface area (Å²) in [5, 5.41) is 9.97. The molecular formula is C38H38N6O3. The number of fused-ring (bicyclic) bond motifs is 1. The average Bonchev–Trinajstić information content (AvgIpc) is 3.49. The van der Waals surface area contributed by atoms with E-state index in [9.17, 15) is 9.90 Å². The summed E-state index contributed by atoms with van der Waals surface area (Å²) >= 11 is 0. The molecule has 3 aromatic heterocycles. The number of carbonyl (C=O) groups excluding carboxylic acids is 1. The molecule has 1 aliphatic rings. The lowest BCUT2D eigenvalue weighted by atomic mass is 10.1. The van der Waals surface area contributed by atoms with Crippen molar-refractivity contribution in [3.63, 3.8) is 0 Å². The zero-order valence-electron chi connectivity index (χ0n) is 26.6. The van der Waals surface area contributed by atoms with Gasteiger partial charge >= 0.3 is 0 Å². The summed E-state index contributed by atoms with van der Waals surface area (Å²) in [5.74, 6) is 1.47. The Labute approximate surface area is 274 Å². The number of piperidine rings is 1. The first kappa shape index (κ1) is 31.4. The first-order valence-corrected chi connectivity index (χ1v) is 16.0. The van der Waals surface area contributed by atoms with E-state index >= 15 is 0 Å². The zero-order chi connectivity index (χ0) is 32.8. The fourth-order valence-corrected chi connectivity index (χ4v) is 5.89. The van der Waals surface area contributed by atoms with Gasteiger partial charge in [0.2, 0.25) is 0 Å². The lowest BCUT2D eigenvalue weighted by molar-refractivity contribution is 0.0944. The van der Waals surface area contributed by atoms with Crippen LogP contribution in [-0.2, 0) is 6.54 Å². The maximum atomic E-state index is 11.4. The molecule has 1 fully saturated rings. The number of nitrogens with zero attached hydrogens (tertiary/aromatic N) is 5. The van der Waals surface area contributed by atoms with Crippen LogP contribution >= 0.6 is 0 Å². The number of rotatable bonds is 8. The van der Waals surface area contributed by atoms with Crippen molar-refractivity contribution in [1.29, 1.82) is 0 Å². The fraction of sp³-hybridized carbons (Fsp3) is 0.211. The Kier molecular flexibility index (Phi) is 9.54. The summed E-state index contributed by atoms with van der Waals surface area (Å²) in [7, 11) is 0. The highest BCUT2D eigenvalue weighted by Crippen LogP contribution is 2.32. The number of pyridine rings is 2. The van der Waals surface area contributed by atoms with Crippen LogP contribution in [0, 0.1) is 0 Å². The number of ether oxygens (including phenoxy) is 1. The predicted octanol–water partition coefficient (Wildman–Crippen LogP) is 7.32. The van der Waals surface area contributed by atoms with Gasteiger partial charge in [0.15, 0.2) is 17.8 Å². The Hall–Kier alpha value is -5.54. The van der Waals surface area contributed by atoms with Crippen molar-refractivity contribution >= 4 is 23.3 Å². The van der Waals surface area contributed by atoms with E-state index in [1.807, 2.05) is 68.4 Å². The Morgan fingerprint density at radius 3 is 2.38 bits per heavy atom. The van der Waals surface area contributed by atoms with E-state index < -0.39 is 0 Å². The smallest absolute Gasteiger partial charge is 0.165 e. The van der Waals surface area contributed by atoms with Crippen molar-refractivity contribution in [2.45, 2.75) is 39.3 Å². The molecule has 0 amide bonds. The minimum absolute atomic E-state index is 0.00902. The van der Waals surface area contributed by atoms with E-state index in [0.29, 0.717) is 23.7 Å². The number of hydrogen-bond acceptors (Lipinski definition) is 8. The number of phenolic OH excluding ortho intramolecular Hbond substituents is 1. The molecule has 0 atom stereocenters. The second-order valence-corrected chi connectivity index (χ2v) is 11.2. The molecule has 0 unspecified atom stereocenters. The molecule has 0 bridgehead atoms. The number of carbonyl (C=O) groups is 1. The molecule has 7 rings (SSSR count). The Morgan fingerprint density at radius 1 is 0.894 bits per heavy atom. The predicted molar refractivity (Wildman–Crippen MR) is 186 cm³/mol. The molecule has 4 heterocycles. The summed E-state index contributed by atoms with van der Waals surface area (Å²) < 4.78 is 8.15. The van der Waals surface area contributed by atoms with Crippen LogP contribution in [-0.4, -0.2) is 55.0 Å². The lowest BCUT2D eigenvalue weighted by Gasteiger charge is -2.32. The Bertz CT molecular complexity index is 1970. The number of nitrogens with two attached hydrogens (primary N) is 1. The van der Waals surface area contributed by atoms with Gasteiger partial charge in [0.1, 0.15) is 28.9 Å². The Morgan fingerprint density at radius 2 is 1.66 bits per heavy atom. The molecule has 238 valence electrons. The third kappa shape index (κ3) is 6.71. The zero-order valence-corrected chi connectivity index (χ0v) is 26.6. The van der Waals surface area contributed by atoms with E-state index in [1.165, 1.54) is 11.6 Å². The summed E-state index contributed by atoms with van der Waals surface area (Å²) in [6.45, 7) is 6.54. The van der Waals surface area contributed by atoms with Crippen molar-refractivity contribution < 1.29 is 14.6 Å². The number of aromatic nitrogens is 4. The molecule has 0 radical (unpaired) electrons. The number of phenols is 1. The van der Waals surface area contributed by atoms with Gasteiger partial charge in [-0.25, -0.2) is 15.0 Å². The van der Waals surface area contributed by atoms with Gasteiger partial charge in [-0.3, -0.25) is 14.3 Å². The van der Waals surface area contributed by atoms with Gasteiger partial charge in [0.25, 0.3) is 0 Å². The molecule has 3 N–H and O–H groups in total. The molecule has 6 aromatic rings. The molecule has 0 saturated carbocycles. The number of aldehydes is 1. The molecule has 0 aliphatic carbocycles. The topological polar surface area (TPSA) is 119 Å². The van der Waals surface area contributed by atoms with Crippen LogP contribution in [0.2, 0.25) is 0 Å². The second kappa shape index (κ2) is 14.3. The minimum Gasteiger partial charge on any atom is -0.507 e. The highest BCUT2D eigenvalue weighted by Gasteiger charge is 2.23. The van der Waals surface area contributed by atoms with Gasteiger partial charge in [0, 0.05) is 37.1 Å². The molecule has 0 spiro atoms. The molecule has 1 aliphatic heterocycles. The first-order chi connectivity index (χ1) is 23.1. The largest absolute Gasteiger partial charge is 0.507 e. The third-order valence-corrected chi connectivity index (χ3v) is 8.24. The van der Waals surface area contributed by atoms with Crippen molar-refractivity contribution in [2.24, 2.45) is 0 Å². The van der Waals surface area contributed by atoms with Crippen molar-refractivity contribution in [1.82, 2.24) is 24.4 Å². The van der Waals surface area contributed by atoms with Gasteiger partial charge < -0.3 is 15.6 Å². The minimum atomic E-state index is -0.0597. The number of imidazole rings is 1. The highest BCUT2D eigenvalue weighted by molar-refractivity contribution is 5.85. The van der Waals surface area contributed by atoms with Crippen LogP contribution in [0.25, 0.3) is 39.5 Å². The van der Waals surface area contributed by atoms with Crippen molar-refractivity contribution in [2.75, 3.05) is 18.8 Å². The summed E-state index contributed by atoms with van der Waals surface area (Å²) in [6, 6.07) is 31.3. The average molecular weight is 627 g/mol. The van der Waals surface area contributed by atoms with E-state index in [1.54, 1.807) is 18.3 Å². The summed E-state index contributed by atoms with van der Waals surface area (Å²) in [6.07, 6.45) is 3.97. The second-order valence-electron chi connectivity index (χ2n) is 11.2. The van der Waals surface area contributed by atoms with Crippen LogP contribution in [0.15, 0.2) is 103 Å². The monoisotopic (exact) mass is 626 g/mol. The number of likely N-dealkylation sites (tertiary alicyclic amines) is 1. The number of anilines is 1. The third-order valence-electron chi connectivity index (χ3n) is 8.24. The van der Waals surface area contributed by atoms with Crippen molar-refractivity contribution in [3.05, 3.63) is 114 Å². The van der Waals surface area contributed by atoms with Gasteiger partial charge in [-0.2, -0.15) is 0 Å². The van der Waals surface area contributed by atoms with E-state index in [-0.39, 0.29) is 17.4 Å². The number of aromatic hydroxyl groups is 1. The normalized spacial score (nSPS) is 13.6. The van der Waals surface area contributed by atoms with Crippen molar-refractivity contribution in [3.8, 4) is 39.8 Å². The Balaban J connectivity index is 0.00000190. The molecule has 47 heavy (non-hydrogen) atoms. The lowest BCUT2D eigenvalue weighted by Crippen LogP contribution is -2.37. The van der Waals surface area contributed by atoms with Gasteiger partial charge in [-0.05, 0) is 66.9 Å². The first-order valence-electron chi connectivity index (χ1n) is 16.0. The van der Waals surface area contributed by atoms with E-state index in [4.69, 9.17) is 20.4 Å². The van der Waals surface area contributed by atoms with Crippen LogP contribution in [0.3, 0.4) is 0 Å². The fourth-order valence-electron chi connectivity index (χ4n) is 5.89. The van der Waals surface area contributed by atoms with Crippen LogP contribution in [0.1, 0.15) is 42.6 Å². The summed E-state index contributed by atoms with van der Waals surface area (Å²) in [5.41, 5.74) is 12.8. The number of hydrogen-bond donors (Lipinski definition) is 2. The van der Waals surface area contributed by atoms with E-state index in [0.717, 1.165) is 66.1 Å². The SMILES string of the molecule is CC.Nc1ncccc1-c1nc2ccc(-c3ccccc3)nc2n1-c1ccc(CN2CCC(Oc3cccc(O)c3C=O)CC2)cc1. The molecule has 9 nitrogen and oxygen atoms in total. The molecular weight excluding hydrogens is 588 g/mol. The quantitative estimate of drug-likeness (QED) is 0.169. The van der Waals surface area contributed by atoms with Crippen LogP contribution in [0.5, 0.6) is 11.5 Å². The van der Waals surface area contributed by atoms with E-state index in [2.05, 4.69) is 38.7 Å². The maximum Gasteiger partial charge on any atom is 0.165 e. The highest BCUT2D eigenvalue weighted by atomic mass is 16.5. The van der Waals surface area contributed by atoms with Gasteiger partial charge in [-0.1, -0.05) is 62.4 Å². The standard InChI is InChI=1S/C36H32N6O3.C2H6/c37-34-28(8-5-19-38-34)35-40-31-16-15-30(25-6-2-1-3-7-25)39-36(31)42(35)26-13-11-24(12-14-26)22-41-20-17-27(18-21-41)45-33-10-4-9-32(44)29(33)23-43;1-2/h1-16,19,23,27,44H,17-18,20-22H2,(H2,37,38);1-2H3.